The van der Waals surface area contributed by atoms with Gasteiger partial charge in [-0.2, -0.15) is 5.26 Å². The van der Waals surface area contributed by atoms with Gasteiger partial charge in [-0.15, -0.1) is 0 Å². The van der Waals surface area contributed by atoms with Gasteiger partial charge in [-0.3, -0.25) is 9.36 Å². The van der Waals surface area contributed by atoms with Crippen molar-refractivity contribution in [2.24, 2.45) is 0 Å². The summed E-state index contributed by atoms with van der Waals surface area (Å²) in [6.45, 7) is 2.80. The number of halogens is 3. The molecule has 2 aromatic carbocycles. The van der Waals surface area contributed by atoms with Crippen LogP contribution in [0.25, 0.3) is 0 Å². The number of benzene rings is 2. The third-order valence-corrected chi connectivity index (χ3v) is 4.88. The monoisotopic (exact) mass is 443 g/mol. The van der Waals surface area contributed by atoms with Gasteiger partial charge in [-0.05, 0) is 43.7 Å². The van der Waals surface area contributed by atoms with E-state index >= 15 is 0 Å². The summed E-state index contributed by atoms with van der Waals surface area (Å²) in [6, 6.07) is 10.9. The van der Waals surface area contributed by atoms with E-state index in [4.69, 9.17) is 9.47 Å². The highest BCUT2D eigenvalue weighted by atomic mass is 19.3. The van der Waals surface area contributed by atoms with Gasteiger partial charge in [0, 0.05) is 11.1 Å². The lowest BCUT2D eigenvalue weighted by atomic mass is 10.0. The van der Waals surface area contributed by atoms with Crippen molar-refractivity contribution in [3.8, 4) is 23.3 Å². The fraction of sp³-hybridized carbons (Fsp3) is 0.261. The molecule has 6 nitrogen and oxygen atoms in total. The predicted molar refractivity (Wildman–Crippen MR) is 111 cm³/mol. The highest BCUT2D eigenvalue weighted by Gasteiger charge is 2.22. The van der Waals surface area contributed by atoms with Gasteiger partial charge < -0.3 is 9.47 Å². The molecule has 32 heavy (non-hydrogen) atoms. The van der Waals surface area contributed by atoms with Crippen molar-refractivity contribution in [3.63, 3.8) is 0 Å². The summed E-state index contributed by atoms with van der Waals surface area (Å²) in [5.41, 5.74) is -0.421. The Hall–Kier alpha value is -3.80. The zero-order valence-corrected chi connectivity index (χ0v) is 17.6. The van der Waals surface area contributed by atoms with Gasteiger partial charge in [-0.1, -0.05) is 12.1 Å². The number of aromatic nitrogens is 2. The third kappa shape index (κ3) is 4.75. The molecule has 1 atom stereocenters. The van der Waals surface area contributed by atoms with Crippen molar-refractivity contribution in [3.05, 3.63) is 81.0 Å². The molecule has 0 saturated heterocycles. The highest BCUT2D eigenvalue weighted by Crippen LogP contribution is 2.33. The Bertz CT molecular complexity index is 1220. The van der Waals surface area contributed by atoms with Gasteiger partial charge in [0.1, 0.15) is 23.4 Å². The smallest absolute Gasteiger partial charge is 0.297 e. The normalized spacial score (nSPS) is 11.8. The van der Waals surface area contributed by atoms with E-state index in [1.807, 2.05) is 6.07 Å². The Morgan fingerprint density at radius 3 is 2.44 bits per heavy atom. The van der Waals surface area contributed by atoms with Crippen LogP contribution in [-0.4, -0.2) is 16.7 Å². The second-order valence-electron chi connectivity index (χ2n) is 7.06. The summed E-state index contributed by atoms with van der Waals surface area (Å²) in [7, 11) is 1.53. The zero-order chi connectivity index (χ0) is 23.4. The van der Waals surface area contributed by atoms with E-state index < -0.39 is 29.5 Å². The second-order valence-corrected chi connectivity index (χ2v) is 7.06. The van der Waals surface area contributed by atoms with Crippen molar-refractivity contribution >= 4 is 0 Å². The Kier molecular flexibility index (Phi) is 6.83. The van der Waals surface area contributed by atoms with Crippen LogP contribution in [-0.2, 0) is 6.54 Å². The summed E-state index contributed by atoms with van der Waals surface area (Å²) in [6.07, 6.45) is -3.30. The number of hydrogen-bond donors (Lipinski definition) is 0. The first kappa shape index (κ1) is 22.9. The van der Waals surface area contributed by atoms with Gasteiger partial charge in [0.25, 0.3) is 12.0 Å². The second kappa shape index (κ2) is 9.56. The number of rotatable bonds is 7. The van der Waals surface area contributed by atoms with Crippen LogP contribution in [0.15, 0.2) is 47.5 Å². The molecule has 0 bridgehead atoms. The molecule has 0 saturated carbocycles. The minimum atomic E-state index is -2.86. The Morgan fingerprint density at radius 2 is 1.88 bits per heavy atom. The molecule has 166 valence electrons. The number of ether oxygens (including phenoxy) is 2. The maximum atomic E-state index is 14.2. The number of hydrogen-bond acceptors (Lipinski definition) is 5. The van der Waals surface area contributed by atoms with Gasteiger partial charge in [0.05, 0.1) is 31.6 Å². The minimum absolute atomic E-state index is 0.0323. The van der Waals surface area contributed by atoms with Crippen molar-refractivity contribution in [1.29, 1.82) is 5.26 Å². The summed E-state index contributed by atoms with van der Waals surface area (Å²) >= 11 is 0. The first-order chi connectivity index (χ1) is 15.2. The maximum absolute atomic E-state index is 14.2. The molecule has 0 aliphatic carbocycles. The van der Waals surface area contributed by atoms with Gasteiger partial charge in [0.2, 0.25) is 5.75 Å². The van der Waals surface area contributed by atoms with Crippen molar-refractivity contribution in [1.82, 2.24) is 9.55 Å². The molecule has 9 heteroatoms. The Morgan fingerprint density at radius 1 is 1.19 bits per heavy atom. The average molecular weight is 443 g/mol. The van der Waals surface area contributed by atoms with Crippen LogP contribution >= 0.6 is 0 Å². The number of methoxy groups -OCH3 is 1. The Labute approximate surface area is 182 Å². The Balaban J connectivity index is 2.07. The number of nitrogens with zero attached hydrogens (tertiary/aromatic N) is 3. The topological polar surface area (TPSA) is 77.1 Å². The molecule has 0 N–H and O–H groups in total. The molecule has 0 amide bonds. The number of nitriles is 1. The van der Waals surface area contributed by atoms with Crippen molar-refractivity contribution in [2.75, 3.05) is 7.11 Å². The van der Waals surface area contributed by atoms with E-state index in [-0.39, 0.29) is 29.1 Å². The van der Waals surface area contributed by atoms with E-state index in [9.17, 15) is 23.2 Å². The molecule has 0 fully saturated rings. The van der Waals surface area contributed by atoms with E-state index in [1.165, 1.54) is 31.9 Å². The summed E-state index contributed by atoms with van der Waals surface area (Å²) in [5, 5.41) is 9.26. The van der Waals surface area contributed by atoms with E-state index in [1.54, 1.807) is 24.3 Å². The molecule has 0 spiro atoms. The fourth-order valence-electron chi connectivity index (χ4n) is 3.07. The quantitative estimate of drug-likeness (QED) is 0.499. The van der Waals surface area contributed by atoms with Crippen LogP contribution in [0.3, 0.4) is 0 Å². The molecule has 3 rings (SSSR count). The van der Waals surface area contributed by atoms with Gasteiger partial charge in [-0.25, -0.2) is 18.2 Å². The summed E-state index contributed by atoms with van der Waals surface area (Å²) < 4.78 is 52.7. The largest absolute Gasteiger partial charge is 0.497 e. The van der Waals surface area contributed by atoms with Crippen molar-refractivity contribution in [2.45, 2.75) is 33.0 Å². The summed E-state index contributed by atoms with van der Waals surface area (Å²) in [4.78, 5) is 17.1. The lowest BCUT2D eigenvalue weighted by molar-refractivity contribution is 0.151. The molecule has 0 aliphatic heterocycles. The van der Waals surface area contributed by atoms with Crippen molar-refractivity contribution < 1.29 is 22.6 Å². The maximum Gasteiger partial charge on any atom is 0.297 e. The zero-order valence-electron chi connectivity index (χ0n) is 17.6. The average Bonchev–Trinajstić information content (AvgIpc) is 2.77. The van der Waals surface area contributed by atoms with E-state index in [2.05, 4.69) is 4.98 Å². The van der Waals surface area contributed by atoms with Crippen LogP contribution in [0.4, 0.5) is 13.2 Å². The molecule has 0 radical (unpaired) electrons. The molecular weight excluding hydrogens is 423 g/mol. The fourth-order valence-corrected chi connectivity index (χ4v) is 3.07. The third-order valence-electron chi connectivity index (χ3n) is 4.88. The lowest BCUT2D eigenvalue weighted by Gasteiger charge is -2.16. The lowest BCUT2D eigenvalue weighted by Crippen LogP contribution is -2.24. The predicted octanol–water partition coefficient (Wildman–Crippen LogP) is 5.24. The molecular formula is C23H20F3N3O3. The molecule has 3 aromatic rings. The van der Waals surface area contributed by atoms with Crippen LogP contribution in [0, 0.1) is 18.3 Å². The van der Waals surface area contributed by atoms with E-state index in [0.717, 1.165) is 17.7 Å². The van der Waals surface area contributed by atoms with Crippen LogP contribution < -0.4 is 15.0 Å². The molecule has 1 unspecified atom stereocenters. The SMILES string of the molecule is COc1ccc(Cn2cnc(C(C)F)c(Oc3cc(C(F)F)cc(C#N)c3C)c2=O)cc1. The standard InChI is InChI=1S/C23H20F3N3O3/c1-13-17(10-27)8-16(22(25)26)9-19(13)32-21-20(14(2)24)28-12-29(23(21)30)11-15-4-6-18(31-3)7-5-15/h4-9,12,14,22H,11H2,1-3H3. The summed E-state index contributed by atoms with van der Waals surface area (Å²) in [5.74, 6) is 0.0873. The molecule has 0 aliphatic rings. The van der Waals surface area contributed by atoms with Crippen LogP contribution in [0.2, 0.25) is 0 Å². The molecule has 1 aromatic heterocycles. The van der Waals surface area contributed by atoms with E-state index in [0.29, 0.717) is 5.75 Å². The minimum Gasteiger partial charge on any atom is -0.497 e. The van der Waals surface area contributed by atoms with Gasteiger partial charge in [0.15, 0.2) is 0 Å². The number of alkyl halides is 3. The van der Waals surface area contributed by atoms with Crippen LogP contribution in [0.5, 0.6) is 17.2 Å². The van der Waals surface area contributed by atoms with Crippen LogP contribution in [0.1, 0.15) is 47.5 Å². The molecule has 1 heterocycles. The first-order valence-electron chi connectivity index (χ1n) is 9.62. The first-order valence-corrected chi connectivity index (χ1v) is 9.62. The highest BCUT2D eigenvalue weighted by molar-refractivity contribution is 5.50. The van der Waals surface area contributed by atoms with Gasteiger partial charge >= 0.3 is 0 Å².